The van der Waals surface area contributed by atoms with Crippen LogP contribution in [0.1, 0.15) is 36.0 Å². The van der Waals surface area contributed by atoms with Gasteiger partial charge in [-0.1, -0.05) is 0 Å². The lowest BCUT2D eigenvalue weighted by Crippen LogP contribution is -2.42. The van der Waals surface area contributed by atoms with Crippen molar-refractivity contribution in [3.05, 3.63) is 43.8 Å². The summed E-state index contributed by atoms with van der Waals surface area (Å²) < 4.78 is 0. The zero-order chi connectivity index (χ0) is 16.3. The van der Waals surface area contributed by atoms with Crippen LogP contribution in [-0.2, 0) is 0 Å². The van der Waals surface area contributed by atoms with Gasteiger partial charge in [-0.25, -0.2) is 0 Å². The van der Waals surface area contributed by atoms with Crippen molar-refractivity contribution in [3.63, 3.8) is 0 Å². The third kappa shape index (κ3) is 3.96. The molecular formula is C16H20N2O2S2. The summed E-state index contributed by atoms with van der Waals surface area (Å²) in [7, 11) is 1.77. The molecule has 0 spiro atoms. The van der Waals surface area contributed by atoms with Crippen LogP contribution < -0.4 is 5.32 Å². The number of carbonyl (C=O) groups is 2. The van der Waals surface area contributed by atoms with Crippen LogP contribution in [0.3, 0.4) is 0 Å². The van der Waals surface area contributed by atoms with Gasteiger partial charge >= 0.3 is 0 Å². The Kier molecular flexibility index (Phi) is 5.37. The van der Waals surface area contributed by atoms with Crippen LogP contribution in [0.2, 0.25) is 0 Å². The molecule has 0 unspecified atom stereocenters. The Morgan fingerprint density at radius 1 is 1.09 bits per heavy atom. The molecule has 22 heavy (non-hydrogen) atoms. The Morgan fingerprint density at radius 2 is 1.64 bits per heavy atom. The van der Waals surface area contributed by atoms with E-state index in [1.807, 2.05) is 45.0 Å². The van der Waals surface area contributed by atoms with Crippen molar-refractivity contribution in [1.82, 2.24) is 10.2 Å². The average molecular weight is 336 g/mol. The Hall–Kier alpha value is -1.66. The van der Waals surface area contributed by atoms with Gasteiger partial charge in [0.15, 0.2) is 0 Å². The standard InChI is InChI=1S/C16H20N2O2S2/c1-10(9-17-15(19)13-7-5-11(2)21-13)18(4)16(20)14-8-6-12(3)22-14/h5-8,10H,9H2,1-4H3,(H,17,19)/t10-/m1/s1. The lowest BCUT2D eigenvalue weighted by atomic mass is 10.2. The van der Waals surface area contributed by atoms with Crippen molar-refractivity contribution in [2.45, 2.75) is 26.8 Å². The first kappa shape index (κ1) is 16.7. The van der Waals surface area contributed by atoms with E-state index < -0.39 is 0 Å². The number of rotatable bonds is 5. The van der Waals surface area contributed by atoms with Crippen molar-refractivity contribution in [3.8, 4) is 0 Å². The molecule has 2 heterocycles. The average Bonchev–Trinajstić information content (AvgIpc) is 3.11. The number of carbonyl (C=O) groups excluding carboxylic acids is 2. The summed E-state index contributed by atoms with van der Waals surface area (Å²) in [6.07, 6.45) is 0. The highest BCUT2D eigenvalue weighted by Gasteiger charge is 2.19. The number of hydrogen-bond donors (Lipinski definition) is 1. The normalized spacial score (nSPS) is 12.0. The molecule has 0 saturated carbocycles. The van der Waals surface area contributed by atoms with Crippen molar-refractivity contribution >= 4 is 34.5 Å². The van der Waals surface area contributed by atoms with Crippen LogP contribution in [0.5, 0.6) is 0 Å². The van der Waals surface area contributed by atoms with Crippen LogP contribution in [0.4, 0.5) is 0 Å². The molecule has 2 amide bonds. The predicted octanol–water partition coefficient (Wildman–Crippen LogP) is 3.32. The highest BCUT2D eigenvalue weighted by Crippen LogP contribution is 2.18. The fourth-order valence-corrected chi connectivity index (χ4v) is 3.58. The molecule has 0 bridgehead atoms. The van der Waals surface area contributed by atoms with Gasteiger partial charge in [-0.2, -0.15) is 0 Å². The van der Waals surface area contributed by atoms with Gasteiger partial charge in [-0.3, -0.25) is 9.59 Å². The zero-order valence-corrected chi connectivity index (χ0v) is 14.8. The molecule has 0 aromatic carbocycles. The molecule has 0 radical (unpaired) electrons. The topological polar surface area (TPSA) is 49.4 Å². The van der Waals surface area contributed by atoms with E-state index in [-0.39, 0.29) is 17.9 Å². The number of hydrogen-bond acceptors (Lipinski definition) is 4. The molecule has 2 aromatic rings. The summed E-state index contributed by atoms with van der Waals surface area (Å²) in [4.78, 5) is 29.7. The van der Waals surface area contributed by atoms with Crippen LogP contribution in [-0.4, -0.2) is 36.3 Å². The number of likely N-dealkylation sites (N-methyl/N-ethyl adjacent to an activating group) is 1. The Bertz CT molecular complexity index is 675. The molecule has 0 fully saturated rings. The Labute approximate surface area is 138 Å². The second-order valence-electron chi connectivity index (χ2n) is 5.30. The summed E-state index contributed by atoms with van der Waals surface area (Å²) in [6.45, 7) is 6.31. The monoisotopic (exact) mass is 336 g/mol. The van der Waals surface area contributed by atoms with Crippen molar-refractivity contribution < 1.29 is 9.59 Å². The van der Waals surface area contributed by atoms with Crippen LogP contribution in [0, 0.1) is 13.8 Å². The zero-order valence-electron chi connectivity index (χ0n) is 13.2. The maximum absolute atomic E-state index is 12.3. The van der Waals surface area contributed by atoms with E-state index in [2.05, 4.69) is 5.32 Å². The maximum Gasteiger partial charge on any atom is 0.263 e. The van der Waals surface area contributed by atoms with Gasteiger partial charge in [-0.15, -0.1) is 22.7 Å². The molecule has 0 aliphatic heterocycles. The summed E-state index contributed by atoms with van der Waals surface area (Å²) in [5.41, 5.74) is 0. The molecule has 118 valence electrons. The molecule has 4 nitrogen and oxygen atoms in total. The fraction of sp³-hybridized carbons (Fsp3) is 0.375. The third-order valence-corrected chi connectivity index (χ3v) is 5.44. The van der Waals surface area contributed by atoms with E-state index in [0.717, 1.165) is 14.6 Å². The van der Waals surface area contributed by atoms with Gasteiger partial charge < -0.3 is 10.2 Å². The lowest BCUT2D eigenvalue weighted by molar-refractivity contribution is 0.0736. The minimum absolute atomic E-state index is 0.00758. The predicted molar refractivity (Wildman–Crippen MR) is 92.0 cm³/mol. The highest BCUT2D eigenvalue weighted by molar-refractivity contribution is 7.14. The van der Waals surface area contributed by atoms with E-state index in [9.17, 15) is 9.59 Å². The van der Waals surface area contributed by atoms with Crippen LogP contribution in [0.15, 0.2) is 24.3 Å². The van der Waals surface area contributed by atoms with Crippen molar-refractivity contribution in [2.24, 2.45) is 0 Å². The first-order valence-electron chi connectivity index (χ1n) is 7.06. The third-order valence-electron chi connectivity index (χ3n) is 3.45. The second kappa shape index (κ2) is 7.07. The molecule has 1 atom stereocenters. The summed E-state index contributed by atoms with van der Waals surface area (Å²) >= 11 is 2.96. The van der Waals surface area contributed by atoms with E-state index in [0.29, 0.717) is 11.4 Å². The Balaban J connectivity index is 1.90. The number of nitrogens with one attached hydrogen (secondary N) is 1. The van der Waals surface area contributed by atoms with Gasteiger partial charge in [0.2, 0.25) is 0 Å². The smallest absolute Gasteiger partial charge is 0.263 e. The summed E-state index contributed by atoms with van der Waals surface area (Å²) in [5.74, 6) is -0.0930. The van der Waals surface area contributed by atoms with Gasteiger partial charge in [0, 0.05) is 29.4 Å². The number of amides is 2. The first-order valence-corrected chi connectivity index (χ1v) is 8.70. The van der Waals surface area contributed by atoms with Gasteiger partial charge in [-0.05, 0) is 45.0 Å². The molecule has 0 aliphatic carbocycles. The van der Waals surface area contributed by atoms with Crippen LogP contribution >= 0.6 is 22.7 Å². The quantitative estimate of drug-likeness (QED) is 0.910. The molecule has 2 aromatic heterocycles. The summed E-state index contributed by atoms with van der Waals surface area (Å²) in [5, 5.41) is 2.89. The van der Waals surface area contributed by atoms with Crippen LogP contribution in [0.25, 0.3) is 0 Å². The van der Waals surface area contributed by atoms with E-state index in [1.54, 1.807) is 11.9 Å². The largest absolute Gasteiger partial charge is 0.349 e. The molecule has 2 rings (SSSR count). The second-order valence-corrected chi connectivity index (χ2v) is 7.87. The van der Waals surface area contributed by atoms with E-state index in [1.165, 1.54) is 22.7 Å². The van der Waals surface area contributed by atoms with E-state index >= 15 is 0 Å². The highest BCUT2D eigenvalue weighted by atomic mass is 32.1. The molecule has 1 N–H and O–H groups in total. The minimum atomic E-state index is -0.0854. The maximum atomic E-state index is 12.3. The van der Waals surface area contributed by atoms with Gasteiger partial charge in [0.25, 0.3) is 11.8 Å². The molecular weight excluding hydrogens is 316 g/mol. The Morgan fingerprint density at radius 3 is 2.14 bits per heavy atom. The number of thiophene rings is 2. The molecule has 6 heteroatoms. The van der Waals surface area contributed by atoms with Gasteiger partial charge in [0.05, 0.1) is 9.75 Å². The lowest BCUT2D eigenvalue weighted by Gasteiger charge is -2.24. The van der Waals surface area contributed by atoms with Crippen molar-refractivity contribution in [2.75, 3.05) is 13.6 Å². The van der Waals surface area contributed by atoms with Gasteiger partial charge in [0.1, 0.15) is 0 Å². The first-order chi connectivity index (χ1) is 10.4. The SMILES string of the molecule is Cc1ccc(C(=O)NC[C@@H](C)N(C)C(=O)c2ccc(C)s2)s1. The number of nitrogens with zero attached hydrogens (tertiary/aromatic N) is 1. The minimum Gasteiger partial charge on any atom is -0.349 e. The number of aryl methyl sites for hydroxylation is 2. The molecule has 0 saturated heterocycles. The molecule has 0 aliphatic rings. The fourth-order valence-electron chi connectivity index (χ4n) is 1.94. The van der Waals surface area contributed by atoms with E-state index in [4.69, 9.17) is 0 Å². The van der Waals surface area contributed by atoms with Crippen molar-refractivity contribution in [1.29, 1.82) is 0 Å². The summed E-state index contributed by atoms with van der Waals surface area (Å²) in [6, 6.07) is 7.47.